The van der Waals surface area contributed by atoms with Crippen LogP contribution in [0.4, 0.5) is 5.69 Å². The fraction of sp³-hybridized carbons (Fsp3) is 0.684. The molecule has 0 radical (unpaired) electrons. The summed E-state index contributed by atoms with van der Waals surface area (Å²) in [4.78, 5) is 2.43. The van der Waals surface area contributed by atoms with Crippen molar-refractivity contribution < 1.29 is 0 Å². The van der Waals surface area contributed by atoms with Gasteiger partial charge in [0.15, 0.2) is 0 Å². The van der Waals surface area contributed by atoms with Gasteiger partial charge in [0.2, 0.25) is 0 Å². The number of anilines is 1. The van der Waals surface area contributed by atoms with Gasteiger partial charge in [-0.1, -0.05) is 39.3 Å². The largest absolute Gasteiger partial charge is 0.374 e. The molecular weight excluding hydrogens is 256 g/mol. The first-order chi connectivity index (χ1) is 9.94. The van der Waals surface area contributed by atoms with E-state index in [0.29, 0.717) is 11.5 Å². The molecule has 0 spiro atoms. The van der Waals surface area contributed by atoms with Crippen LogP contribution in [0.25, 0.3) is 0 Å². The Bertz CT molecular complexity index is 453. The molecule has 1 aromatic rings. The Morgan fingerprint density at radius 3 is 2.76 bits per heavy atom. The molecule has 21 heavy (non-hydrogen) atoms. The Balaban J connectivity index is 2.09. The third-order valence-electron chi connectivity index (χ3n) is 5.08. The van der Waals surface area contributed by atoms with Crippen LogP contribution >= 0.6 is 0 Å². The summed E-state index contributed by atoms with van der Waals surface area (Å²) in [6.45, 7) is 11.5. The van der Waals surface area contributed by atoms with Gasteiger partial charge in [0.05, 0.1) is 0 Å². The van der Waals surface area contributed by atoms with Gasteiger partial charge in [-0.25, -0.2) is 0 Å². The van der Waals surface area contributed by atoms with Crippen LogP contribution in [0.1, 0.15) is 45.6 Å². The fourth-order valence-corrected chi connectivity index (χ4v) is 3.96. The molecule has 2 nitrogen and oxygen atoms in total. The molecule has 0 heterocycles. The van der Waals surface area contributed by atoms with Crippen molar-refractivity contribution in [2.24, 2.45) is 11.3 Å². The van der Waals surface area contributed by atoms with Gasteiger partial charge in [-0.05, 0) is 55.3 Å². The van der Waals surface area contributed by atoms with E-state index in [1.165, 1.54) is 30.5 Å². The lowest BCUT2D eigenvalue weighted by atomic mass is 9.67. The zero-order chi connectivity index (χ0) is 15.5. The maximum absolute atomic E-state index is 3.77. The normalized spacial score (nSPS) is 24.8. The summed E-state index contributed by atoms with van der Waals surface area (Å²) in [5.74, 6) is 0.735. The topological polar surface area (TPSA) is 15.3 Å². The number of nitrogens with one attached hydrogen (secondary N) is 1. The lowest BCUT2D eigenvalue weighted by Crippen LogP contribution is -2.52. The van der Waals surface area contributed by atoms with Gasteiger partial charge in [0.25, 0.3) is 0 Å². The maximum atomic E-state index is 3.77. The second-order valence-corrected chi connectivity index (χ2v) is 7.40. The van der Waals surface area contributed by atoms with Gasteiger partial charge in [-0.2, -0.15) is 0 Å². The van der Waals surface area contributed by atoms with Crippen molar-refractivity contribution in [1.82, 2.24) is 5.32 Å². The molecule has 2 atom stereocenters. The molecule has 2 rings (SSSR count). The highest BCUT2D eigenvalue weighted by atomic mass is 15.1. The fourth-order valence-electron chi connectivity index (χ4n) is 3.96. The van der Waals surface area contributed by atoms with Crippen molar-refractivity contribution in [2.75, 3.05) is 25.0 Å². The molecular formula is C19H32N2. The van der Waals surface area contributed by atoms with E-state index in [1.807, 2.05) is 0 Å². The Labute approximate surface area is 130 Å². The van der Waals surface area contributed by atoms with Crippen molar-refractivity contribution in [3.05, 3.63) is 29.8 Å². The highest BCUT2D eigenvalue weighted by Gasteiger charge is 2.38. The van der Waals surface area contributed by atoms with Crippen LogP contribution in [0, 0.1) is 18.3 Å². The highest BCUT2D eigenvalue weighted by molar-refractivity contribution is 5.47. The molecule has 0 amide bonds. The van der Waals surface area contributed by atoms with Gasteiger partial charge in [0.1, 0.15) is 0 Å². The molecule has 118 valence electrons. The van der Waals surface area contributed by atoms with Gasteiger partial charge < -0.3 is 10.2 Å². The first kappa shape index (κ1) is 16.4. The second kappa shape index (κ2) is 6.83. The first-order valence-corrected chi connectivity index (χ1v) is 8.45. The number of nitrogens with zero attached hydrogens (tertiary/aromatic N) is 1. The molecule has 1 aliphatic carbocycles. The molecule has 1 aromatic carbocycles. The minimum Gasteiger partial charge on any atom is -0.374 e. The lowest BCUT2D eigenvalue weighted by molar-refractivity contribution is 0.113. The number of hydrogen-bond acceptors (Lipinski definition) is 2. The number of aryl methyl sites for hydroxylation is 1. The van der Waals surface area contributed by atoms with Gasteiger partial charge in [-0.15, -0.1) is 0 Å². The average molecular weight is 288 g/mol. The van der Waals surface area contributed by atoms with Crippen LogP contribution in [0.3, 0.4) is 0 Å². The van der Waals surface area contributed by atoms with Crippen LogP contribution in [0.2, 0.25) is 0 Å². The van der Waals surface area contributed by atoms with E-state index >= 15 is 0 Å². The Morgan fingerprint density at radius 1 is 1.33 bits per heavy atom. The van der Waals surface area contributed by atoms with E-state index in [-0.39, 0.29) is 0 Å². The van der Waals surface area contributed by atoms with Gasteiger partial charge in [-0.3, -0.25) is 0 Å². The van der Waals surface area contributed by atoms with Crippen LogP contribution in [0.5, 0.6) is 0 Å². The maximum Gasteiger partial charge on any atom is 0.0366 e. The Hall–Kier alpha value is -1.02. The molecule has 2 unspecified atom stereocenters. The number of hydrogen-bond donors (Lipinski definition) is 1. The Kier molecular flexibility index (Phi) is 5.32. The summed E-state index contributed by atoms with van der Waals surface area (Å²) < 4.78 is 0. The predicted octanol–water partition coefficient (Wildman–Crippen LogP) is 4.24. The van der Waals surface area contributed by atoms with Crippen LogP contribution in [0.15, 0.2) is 24.3 Å². The monoisotopic (exact) mass is 288 g/mol. The third kappa shape index (κ3) is 4.00. The van der Waals surface area contributed by atoms with Crippen LogP contribution in [-0.4, -0.2) is 26.2 Å². The van der Waals surface area contributed by atoms with E-state index in [4.69, 9.17) is 0 Å². The van der Waals surface area contributed by atoms with Crippen molar-refractivity contribution in [1.29, 1.82) is 0 Å². The summed E-state index contributed by atoms with van der Waals surface area (Å²) in [5, 5.41) is 3.77. The molecule has 0 saturated heterocycles. The van der Waals surface area contributed by atoms with E-state index in [0.717, 1.165) is 19.0 Å². The minimum atomic E-state index is 0.409. The summed E-state index contributed by atoms with van der Waals surface area (Å²) in [7, 11) is 2.24. The minimum absolute atomic E-state index is 0.409. The van der Waals surface area contributed by atoms with Gasteiger partial charge >= 0.3 is 0 Å². The second-order valence-electron chi connectivity index (χ2n) is 7.40. The summed E-state index contributed by atoms with van der Waals surface area (Å²) in [6, 6.07) is 9.47. The van der Waals surface area contributed by atoms with Crippen molar-refractivity contribution in [2.45, 2.75) is 53.0 Å². The average Bonchev–Trinajstić information content (AvgIpc) is 2.42. The number of rotatable bonds is 5. The summed E-state index contributed by atoms with van der Waals surface area (Å²) >= 11 is 0. The van der Waals surface area contributed by atoms with Crippen LogP contribution in [-0.2, 0) is 0 Å². The third-order valence-corrected chi connectivity index (χ3v) is 5.08. The van der Waals surface area contributed by atoms with Crippen molar-refractivity contribution in [3.8, 4) is 0 Å². The highest BCUT2D eigenvalue weighted by Crippen LogP contribution is 2.39. The SMILES string of the molecule is CCNC1C(CN(C)c2cccc(C)c2)CCCC1(C)C. The standard InChI is InChI=1S/C19H32N2/c1-6-20-18-16(10-8-12-19(18,3)4)14-21(5)17-11-7-9-15(2)13-17/h7,9,11,13,16,18,20H,6,8,10,12,14H2,1-5H3. The van der Waals surface area contributed by atoms with E-state index in [9.17, 15) is 0 Å². The first-order valence-electron chi connectivity index (χ1n) is 8.45. The predicted molar refractivity (Wildman–Crippen MR) is 93.0 cm³/mol. The van der Waals surface area contributed by atoms with E-state index in [2.05, 4.69) is 69.2 Å². The number of benzene rings is 1. The molecule has 1 saturated carbocycles. The van der Waals surface area contributed by atoms with Gasteiger partial charge in [0, 0.05) is 25.3 Å². The summed E-state index contributed by atoms with van der Waals surface area (Å²) in [6.07, 6.45) is 4.05. The molecule has 2 heteroatoms. The molecule has 1 aliphatic rings. The van der Waals surface area contributed by atoms with E-state index < -0.39 is 0 Å². The lowest BCUT2D eigenvalue weighted by Gasteiger charge is -2.46. The molecule has 0 aliphatic heterocycles. The quantitative estimate of drug-likeness (QED) is 0.872. The molecule has 1 fully saturated rings. The zero-order valence-electron chi connectivity index (χ0n) is 14.4. The summed E-state index contributed by atoms with van der Waals surface area (Å²) in [5.41, 5.74) is 3.09. The van der Waals surface area contributed by atoms with Crippen molar-refractivity contribution >= 4 is 5.69 Å². The molecule has 0 aromatic heterocycles. The van der Waals surface area contributed by atoms with E-state index in [1.54, 1.807) is 0 Å². The van der Waals surface area contributed by atoms with Crippen LogP contribution < -0.4 is 10.2 Å². The smallest absolute Gasteiger partial charge is 0.0366 e. The van der Waals surface area contributed by atoms with Crippen molar-refractivity contribution in [3.63, 3.8) is 0 Å². The zero-order valence-corrected chi connectivity index (χ0v) is 14.4. The molecule has 1 N–H and O–H groups in total. The Morgan fingerprint density at radius 2 is 2.10 bits per heavy atom. The molecule has 0 bridgehead atoms.